The van der Waals surface area contributed by atoms with Crippen LogP contribution in [0.5, 0.6) is 5.88 Å². The molecule has 0 spiro atoms. The normalized spacial score (nSPS) is 17.4. The van der Waals surface area contributed by atoms with Crippen LogP contribution >= 0.6 is 0 Å². The van der Waals surface area contributed by atoms with Gasteiger partial charge in [-0.1, -0.05) is 41.6 Å². The lowest BCUT2D eigenvalue weighted by Crippen LogP contribution is -2.33. The summed E-state index contributed by atoms with van der Waals surface area (Å²) in [6.07, 6.45) is 5.62. The lowest BCUT2D eigenvalue weighted by molar-refractivity contribution is -0.0444. The van der Waals surface area contributed by atoms with Crippen molar-refractivity contribution in [2.45, 2.75) is 39.0 Å². The van der Waals surface area contributed by atoms with E-state index in [9.17, 15) is 9.50 Å². The Labute approximate surface area is 207 Å². The van der Waals surface area contributed by atoms with Crippen LogP contribution in [0.2, 0.25) is 0 Å². The summed E-state index contributed by atoms with van der Waals surface area (Å²) in [5.41, 5.74) is 3.66. The number of halogens is 1. The van der Waals surface area contributed by atoms with Crippen molar-refractivity contribution in [1.29, 1.82) is 0 Å². The molecule has 1 N–H and O–H groups in total. The standard InChI is InChI=1S/C28H26FN5O2/c1-18-26(31-32-34(18)25-8-5-11-30-27(25)29)21-9-10-24-22(14-21)16-33(28(24)35)15-20-12-23(13-20)36-17-19-6-3-2-4-7-19/h2-11,14,16,20,23,35H,12-13,15,17H2,1H3. The predicted octanol–water partition coefficient (Wildman–Crippen LogP) is 5.43. The van der Waals surface area contributed by atoms with E-state index in [1.807, 2.05) is 54.1 Å². The summed E-state index contributed by atoms with van der Waals surface area (Å²) in [5, 5.41) is 21.0. The molecule has 1 aliphatic carbocycles. The molecular weight excluding hydrogens is 457 g/mol. The molecular formula is C28H26FN5O2. The van der Waals surface area contributed by atoms with Crippen molar-refractivity contribution in [2.24, 2.45) is 5.92 Å². The zero-order chi connectivity index (χ0) is 24.6. The Morgan fingerprint density at radius 1 is 1.08 bits per heavy atom. The van der Waals surface area contributed by atoms with Crippen LogP contribution in [0.1, 0.15) is 24.1 Å². The number of rotatable bonds is 7. The summed E-state index contributed by atoms with van der Waals surface area (Å²) in [4.78, 5) is 3.70. The number of aromatic hydroxyl groups is 1. The molecule has 0 atom stereocenters. The minimum atomic E-state index is -0.599. The monoisotopic (exact) mass is 483 g/mol. The molecule has 5 aromatic rings. The van der Waals surface area contributed by atoms with Crippen molar-refractivity contribution in [3.63, 3.8) is 0 Å². The molecule has 1 saturated carbocycles. The van der Waals surface area contributed by atoms with E-state index >= 15 is 0 Å². The van der Waals surface area contributed by atoms with Gasteiger partial charge in [-0.25, -0.2) is 9.67 Å². The fourth-order valence-corrected chi connectivity index (χ4v) is 4.93. The van der Waals surface area contributed by atoms with Gasteiger partial charge in [-0.3, -0.25) is 0 Å². The van der Waals surface area contributed by atoms with Crippen LogP contribution in [-0.4, -0.2) is 35.8 Å². The van der Waals surface area contributed by atoms with Gasteiger partial charge in [0.05, 0.1) is 18.4 Å². The van der Waals surface area contributed by atoms with Gasteiger partial charge in [-0.15, -0.1) is 5.10 Å². The van der Waals surface area contributed by atoms with E-state index in [1.165, 1.54) is 16.4 Å². The Balaban J connectivity index is 1.16. The quantitative estimate of drug-likeness (QED) is 0.312. The smallest absolute Gasteiger partial charge is 0.238 e. The first-order valence-electron chi connectivity index (χ1n) is 12.1. The second-order valence-electron chi connectivity index (χ2n) is 9.41. The Hall–Kier alpha value is -4.04. The highest BCUT2D eigenvalue weighted by Crippen LogP contribution is 2.36. The average molecular weight is 484 g/mol. The zero-order valence-corrected chi connectivity index (χ0v) is 19.9. The van der Waals surface area contributed by atoms with E-state index < -0.39 is 5.95 Å². The number of pyridine rings is 1. The van der Waals surface area contributed by atoms with Crippen LogP contribution in [0.15, 0.2) is 73.1 Å². The van der Waals surface area contributed by atoms with Crippen molar-refractivity contribution >= 4 is 10.8 Å². The third-order valence-electron chi connectivity index (χ3n) is 6.97. The molecule has 36 heavy (non-hydrogen) atoms. The summed E-state index contributed by atoms with van der Waals surface area (Å²) >= 11 is 0. The molecule has 3 aromatic heterocycles. The van der Waals surface area contributed by atoms with Crippen LogP contribution in [0, 0.1) is 18.8 Å². The van der Waals surface area contributed by atoms with Gasteiger partial charge in [0, 0.05) is 35.3 Å². The molecule has 3 heterocycles. The SMILES string of the molecule is Cc1c(-c2ccc3c(O)n(CC4CC(OCc5ccccc5)C4)cc3c2)nnn1-c1cccnc1F. The molecule has 0 bridgehead atoms. The molecule has 8 heteroatoms. The first-order chi connectivity index (χ1) is 17.6. The molecule has 0 radical (unpaired) electrons. The minimum Gasteiger partial charge on any atom is -0.494 e. The molecule has 1 aliphatic rings. The molecule has 0 aliphatic heterocycles. The predicted molar refractivity (Wildman–Crippen MR) is 134 cm³/mol. The van der Waals surface area contributed by atoms with Crippen molar-refractivity contribution < 1.29 is 14.2 Å². The lowest BCUT2D eigenvalue weighted by Gasteiger charge is -2.35. The number of ether oxygens (including phenoxy) is 1. The molecule has 1 fully saturated rings. The Kier molecular flexibility index (Phi) is 5.73. The fraction of sp³-hybridized carbons (Fsp3) is 0.250. The Morgan fingerprint density at radius 3 is 2.72 bits per heavy atom. The average Bonchev–Trinajstić information content (AvgIpc) is 3.40. The van der Waals surface area contributed by atoms with E-state index in [2.05, 4.69) is 27.4 Å². The van der Waals surface area contributed by atoms with Gasteiger partial charge < -0.3 is 14.4 Å². The second kappa shape index (κ2) is 9.20. The van der Waals surface area contributed by atoms with Crippen LogP contribution < -0.4 is 0 Å². The van der Waals surface area contributed by atoms with Gasteiger partial charge in [0.1, 0.15) is 11.4 Å². The second-order valence-corrected chi connectivity index (χ2v) is 9.41. The molecule has 7 nitrogen and oxygen atoms in total. The van der Waals surface area contributed by atoms with E-state index in [0.29, 0.717) is 23.9 Å². The number of hydrogen-bond donors (Lipinski definition) is 1. The molecule has 182 valence electrons. The maximum atomic E-state index is 14.2. The summed E-state index contributed by atoms with van der Waals surface area (Å²) in [6, 6.07) is 19.3. The highest BCUT2D eigenvalue weighted by molar-refractivity contribution is 5.91. The third-order valence-corrected chi connectivity index (χ3v) is 6.97. The van der Waals surface area contributed by atoms with Crippen LogP contribution in [0.25, 0.3) is 27.7 Å². The van der Waals surface area contributed by atoms with Gasteiger partial charge in [-0.05, 0) is 55.5 Å². The molecule has 0 amide bonds. The van der Waals surface area contributed by atoms with E-state index in [4.69, 9.17) is 4.74 Å². The van der Waals surface area contributed by atoms with E-state index in [1.54, 1.807) is 12.1 Å². The number of aromatic nitrogens is 5. The number of fused-ring (bicyclic) bond motifs is 1. The fourth-order valence-electron chi connectivity index (χ4n) is 4.93. The summed E-state index contributed by atoms with van der Waals surface area (Å²) < 4.78 is 23.6. The van der Waals surface area contributed by atoms with E-state index in [-0.39, 0.29) is 17.7 Å². The molecule has 0 unspecified atom stereocenters. The zero-order valence-electron chi connectivity index (χ0n) is 19.9. The van der Waals surface area contributed by atoms with Gasteiger partial charge in [0.25, 0.3) is 0 Å². The highest BCUT2D eigenvalue weighted by atomic mass is 19.1. The van der Waals surface area contributed by atoms with Gasteiger partial charge >= 0.3 is 0 Å². The maximum Gasteiger partial charge on any atom is 0.238 e. The van der Waals surface area contributed by atoms with Crippen LogP contribution in [-0.2, 0) is 17.9 Å². The minimum absolute atomic E-state index is 0.255. The van der Waals surface area contributed by atoms with Crippen molar-refractivity contribution in [3.05, 3.63) is 90.3 Å². The molecule has 2 aromatic carbocycles. The van der Waals surface area contributed by atoms with Crippen LogP contribution in [0.3, 0.4) is 0 Å². The maximum absolute atomic E-state index is 14.2. The summed E-state index contributed by atoms with van der Waals surface area (Å²) in [5.74, 6) is 0.135. The Bertz CT molecular complexity index is 1520. The van der Waals surface area contributed by atoms with Crippen molar-refractivity contribution in [1.82, 2.24) is 24.5 Å². The largest absolute Gasteiger partial charge is 0.494 e. The highest BCUT2D eigenvalue weighted by Gasteiger charge is 2.30. The summed E-state index contributed by atoms with van der Waals surface area (Å²) in [6.45, 7) is 3.23. The first-order valence-corrected chi connectivity index (χ1v) is 12.1. The Morgan fingerprint density at radius 2 is 1.92 bits per heavy atom. The molecule has 6 rings (SSSR count). The number of nitrogens with zero attached hydrogens (tertiary/aromatic N) is 5. The molecule has 0 saturated heterocycles. The number of benzene rings is 2. The van der Waals surface area contributed by atoms with Crippen molar-refractivity contribution in [3.8, 4) is 22.8 Å². The lowest BCUT2D eigenvalue weighted by atomic mass is 9.82. The van der Waals surface area contributed by atoms with Gasteiger partial charge in [0.15, 0.2) is 5.88 Å². The number of hydrogen-bond acceptors (Lipinski definition) is 5. The first kappa shape index (κ1) is 22.4. The van der Waals surface area contributed by atoms with Gasteiger partial charge in [0.2, 0.25) is 5.95 Å². The third kappa shape index (κ3) is 4.13. The topological polar surface area (TPSA) is 78.0 Å². The summed E-state index contributed by atoms with van der Waals surface area (Å²) in [7, 11) is 0. The van der Waals surface area contributed by atoms with E-state index in [0.717, 1.165) is 35.7 Å². The van der Waals surface area contributed by atoms with Crippen LogP contribution in [0.4, 0.5) is 4.39 Å². The van der Waals surface area contributed by atoms with Crippen molar-refractivity contribution in [2.75, 3.05) is 0 Å². The van der Waals surface area contributed by atoms with Gasteiger partial charge in [-0.2, -0.15) is 4.39 Å².